The Labute approximate surface area is 123 Å². The van der Waals surface area contributed by atoms with E-state index in [2.05, 4.69) is 19.8 Å². The number of hydrogen-bond donors (Lipinski definition) is 0. The van der Waals surface area contributed by atoms with Crippen LogP contribution in [0, 0.1) is 19.7 Å². The molecule has 0 bridgehead atoms. The SMILES string of the molecule is Cc1nc(CN2CCN(c3ccc(F)cn3)CC2)oc1C. The lowest BCUT2D eigenvalue weighted by atomic mass is 10.3. The molecule has 5 nitrogen and oxygen atoms in total. The summed E-state index contributed by atoms with van der Waals surface area (Å²) in [6.07, 6.45) is 1.26. The maximum atomic E-state index is 12.9. The highest BCUT2D eigenvalue weighted by Crippen LogP contribution is 2.16. The molecule has 3 heterocycles. The van der Waals surface area contributed by atoms with Crippen molar-refractivity contribution in [1.29, 1.82) is 0 Å². The van der Waals surface area contributed by atoms with Crippen molar-refractivity contribution in [2.75, 3.05) is 31.1 Å². The number of piperazine rings is 1. The van der Waals surface area contributed by atoms with Gasteiger partial charge in [0.25, 0.3) is 0 Å². The van der Waals surface area contributed by atoms with Gasteiger partial charge in [0, 0.05) is 26.2 Å². The number of oxazole rings is 1. The first-order valence-corrected chi connectivity index (χ1v) is 7.13. The van der Waals surface area contributed by atoms with Gasteiger partial charge in [0.05, 0.1) is 18.4 Å². The van der Waals surface area contributed by atoms with Gasteiger partial charge in [0.1, 0.15) is 17.4 Å². The van der Waals surface area contributed by atoms with Crippen molar-refractivity contribution < 1.29 is 8.81 Å². The Morgan fingerprint density at radius 3 is 2.52 bits per heavy atom. The Balaban J connectivity index is 1.56. The fourth-order valence-electron chi connectivity index (χ4n) is 2.49. The molecule has 0 spiro atoms. The van der Waals surface area contributed by atoms with Crippen LogP contribution >= 0.6 is 0 Å². The molecular formula is C15H19FN4O. The zero-order valence-corrected chi connectivity index (χ0v) is 12.3. The van der Waals surface area contributed by atoms with Gasteiger partial charge < -0.3 is 9.32 Å². The van der Waals surface area contributed by atoms with Crippen LogP contribution in [0.1, 0.15) is 17.3 Å². The summed E-state index contributed by atoms with van der Waals surface area (Å²) in [7, 11) is 0. The van der Waals surface area contributed by atoms with Crippen LogP contribution in [0.2, 0.25) is 0 Å². The first kappa shape index (κ1) is 14.0. The number of rotatable bonds is 3. The van der Waals surface area contributed by atoms with Crippen LogP contribution in [0.25, 0.3) is 0 Å². The second kappa shape index (κ2) is 5.81. The lowest BCUT2D eigenvalue weighted by Gasteiger charge is -2.34. The Morgan fingerprint density at radius 1 is 1.19 bits per heavy atom. The van der Waals surface area contributed by atoms with E-state index in [1.54, 1.807) is 6.07 Å². The molecule has 0 atom stereocenters. The van der Waals surface area contributed by atoms with E-state index < -0.39 is 0 Å². The highest BCUT2D eigenvalue weighted by Gasteiger charge is 2.19. The zero-order valence-electron chi connectivity index (χ0n) is 12.3. The Morgan fingerprint density at radius 2 is 1.95 bits per heavy atom. The van der Waals surface area contributed by atoms with Crippen molar-refractivity contribution in [3.05, 3.63) is 41.5 Å². The van der Waals surface area contributed by atoms with Gasteiger partial charge in [-0.3, -0.25) is 4.90 Å². The fourth-order valence-corrected chi connectivity index (χ4v) is 2.49. The number of hydrogen-bond acceptors (Lipinski definition) is 5. The molecule has 0 aliphatic carbocycles. The van der Waals surface area contributed by atoms with Crippen LogP contribution in [0.15, 0.2) is 22.7 Å². The minimum Gasteiger partial charge on any atom is -0.444 e. The third-order valence-electron chi connectivity index (χ3n) is 3.84. The molecule has 1 aliphatic heterocycles. The molecule has 2 aromatic rings. The van der Waals surface area contributed by atoms with Crippen molar-refractivity contribution >= 4 is 5.82 Å². The molecule has 3 rings (SSSR count). The van der Waals surface area contributed by atoms with Gasteiger partial charge in [0.2, 0.25) is 5.89 Å². The highest BCUT2D eigenvalue weighted by molar-refractivity contribution is 5.38. The molecule has 21 heavy (non-hydrogen) atoms. The predicted octanol–water partition coefficient (Wildman–Crippen LogP) is 2.15. The molecule has 6 heteroatoms. The lowest BCUT2D eigenvalue weighted by Crippen LogP contribution is -2.46. The van der Waals surface area contributed by atoms with Crippen molar-refractivity contribution in [2.24, 2.45) is 0 Å². The van der Waals surface area contributed by atoms with Crippen LogP contribution < -0.4 is 4.90 Å². The maximum absolute atomic E-state index is 12.9. The van der Waals surface area contributed by atoms with Crippen LogP contribution in [-0.2, 0) is 6.54 Å². The topological polar surface area (TPSA) is 45.4 Å². The standard InChI is InChI=1S/C15H19FN4O/c1-11-12(2)21-15(18-11)10-19-5-7-20(8-6-19)14-4-3-13(16)9-17-14/h3-4,9H,5-8,10H2,1-2H3. The number of aryl methyl sites for hydroxylation is 2. The van der Waals surface area contributed by atoms with E-state index in [-0.39, 0.29) is 5.82 Å². The third kappa shape index (κ3) is 3.21. The fraction of sp³-hybridized carbons (Fsp3) is 0.467. The van der Waals surface area contributed by atoms with Crippen molar-refractivity contribution in [3.8, 4) is 0 Å². The van der Waals surface area contributed by atoms with Gasteiger partial charge in [0.15, 0.2) is 0 Å². The van der Waals surface area contributed by atoms with E-state index in [0.717, 1.165) is 55.9 Å². The molecule has 0 amide bonds. The smallest absolute Gasteiger partial charge is 0.208 e. The normalized spacial score (nSPS) is 16.4. The first-order chi connectivity index (χ1) is 10.1. The molecule has 0 N–H and O–H groups in total. The Bertz CT molecular complexity index is 583. The molecule has 1 saturated heterocycles. The molecule has 1 fully saturated rings. The summed E-state index contributed by atoms with van der Waals surface area (Å²) in [5.74, 6) is 2.20. The molecule has 2 aromatic heterocycles. The number of anilines is 1. The molecule has 0 aromatic carbocycles. The molecule has 1 aliphatic rings. The van der Waals surface area contributed by atoms with Crippen molar-refractivity contribution in [1.82, 2.24) is 14.9 Å². The first-order valence-electron chi connectivity index (χ1n) is 7.13. The lowest BCUT2D eigenvalue weighted by molar-refractivity contribution is 0.224. The third-order valence-corrected chi connectivity index (χ3v) is 3.84. The summed E-state index contributed by atoms with van der Waals surface area (Å²) in [5, 5.41) is 0. The molecular weight excluding hydrogens is 271 g/mol. The molecule has 0 radical (unpaired) electrons. The Kier molecular flexibility index (Phi) is 3.88. The van der Waals surface area contributed by atoms with Gasteiger partial charge in [-0.15, -0.1) is 0 Å². The number of nitrogens with zero attached hydrogens (tertiary/aromatic N) is 4. The minimum atomic E-state index is -0.299. The van der Waals surface area contributed by atoms with E-state index in [1.807, 2.05) is 13.8 Å². The summed E-state index contributed by atoms with van der Waals surface area (Å²) in [4.78, 5) is 13.0. The van der Waals surface area contributed by atoms with E-state index >= 15 is 0 Å². The van der Waals surface area contributed by atoms with Crippen molar-refractivity contribution in [2.45, 2.75) is 20.4 Å². The van der Waals surface area contributed by atoms with E-state index in [0.29, 0.717) is 0 Å². The van der Waals surface area contributed by atoms with Gasteiger partial charge in [-0.05, 0) is 26.0 Å². The summed E-state index contributed by atoms with van der Waals surface area (Å²) >= 11 is 0. The average Bonchev–Trinajstić information content (AvgIpc) is 2.79. The second-order valence-corrected chi connectivity index (χ2v) is 5.35. The van der Waals surface area contributed by atoms with Crippen LogP contribution in [0.5, 0.6) is 0 Å². The quantitative estimate of drug-likeness (QED) is 0.866. The average molecular weight is 290 g/mol. The second-order valence-electron chi connectivity index (χ2n) is 5.35. The summed E-state index contributed by atoms with van der Waals surface area (Å²) < 4.78 is 18.5. The van der Waals surface area contributed by atoms with Crippen molar-refractivity contribution in [3.63, 3.8) is 0 Å². The maximum Gasteiger partial charge on any atom is 0.208 e. The summed E-state index contributed by atoms with van der Waals surface area (Å²) in [6, 6.07) is 3.18. The van der Waals surface area contributed by atoms with E-state index in [9.17, 15) is 4.39 Å². The monoisotopic (exact) mass is 290 g/mol. The van der Waals surface area contributed by atoms with Gasteiger partial charge in [-0.25, -0.2) is 14.4 Å². The zero-order chi connectivity index (χ0) is 14.8. The minimum absolute atomic E-state index is 0.299. The van der Waals surface area contributed by atoms with E-state index in [1.165, 1.54) is 12.3 Å². The van der Waals surface area contributed by atoms with Crippen LogP contribution in [-0.4, -0.2) is 41.0 Å². The Hall–Kier alpha value is -1.95. The molecule has 0 unspecified atom stereocenters. The number of halogens is 1. The predicted molar refractivity (Wildman–Crippen MR) is 77.7 cm³/mol. The van der Waals surface area contributed by atoms with Crippen LogP contribution in [0.4, 0.5) is 10.2 Å². The number of aromatic nitrogens is 2. The highest BCUT2D eigenvalue weighted by atomic mass is 19.1. The molecule has 112 valence electrons. The summed E-state index contributed by atoms with van der Waals surface area (Å²) in [5.41, 5.74) is 0.958. The number of pyridine rings is 1. The van der Waals surface area contributed by atoms with Gasteiger partial charge in [-0.1, -0.05) is 0 Å². The van der Waals surface area contributed by atoms with Gasteiger partial charge >= 0.3 is 0 Å². The largest absolute Gasteiger partial charge is 0.444 e. The van der Waals surface area contributed by atoms with Gasteiger partial charge in [-0.2, -0.15) is 0 Å². The van der Waals surface area contributed by atoms with Crippen LogP contribution in [0.3, 0.4) is 0 Å². The molecule has 0 saturated carbocycles. The van der Waals surface area contributed by atoms with E-state index in [4.69, 9.17) is 4.42 Å². The summed E-state index contributed by atoms with van der Waals surface area (Å²) in [6.45, 7) is 8.21.